The molecule has 5 nitrogen and oxygen atoms in total. The number of halogens is 4. The first-order valence-corrected chi connectivity index (χ1v) is 8.63. The largest absolute Gasteiger partial charge is 0.423 e. The van der Waals surface area contributed by atoms with Gasteiger partial charge in [0.05, 0.1) is 5.56 Å². The first-order chi connectivity index (χ1) is 13.3. The summed E-state index contributed by atoms with van der Waals surface area (Å²) in [5.74, 6) is -1.89. The Hall–Kier alpha value is -3.10. The fourth-order valence-electron chi connectivity index (χ4n) is 3.30. The summed E-state index contributed by atoms with van der Waals surface area (Å²) in [4.78, 5) is 18.7. The Balaban J connectivity index is 1.56. The highest BCUT2D eigenvalue weighted by Gasteiger charge is 2.36. The van der Waals surface area contributed by atoms with Gasteiger partial charge in [-0.25, -0.2) is 4.39 Å². The predicted molar refractivity (Wildman–Crippen MR) is 94.4 cm³/mol. The molecule has 1 aliphatic rings. The molecule has 4 rings (SSSR count). The second kappa shape index (κ2) is 6.81. The third-order valence-corrected chi connectivity index (χ3v) is 4.62. The van der Waals surface area contributed by atoms with Crippen LogP contribution < -0.4 is 10.2 Å². The lowest BCUT2D eigenvalue weighted by molar-refractivity contribution is -0.140. The van der Waals surface area contributed by atoms with Gasteiger partial charge < -0.3 is 14.6 Å². The first-order valence-electron chi connectivity index (χ1n) is 8.63. The van der Waals surface area contributed by atoms with Gasteiger partial charge in [0.2, 0.25) is 5.91 Å². The SMILES string of the molecule is O=C(Nc1ccc(F)c(C(F)(F)F)c1)C1CCCN1c1nc2ccccc2o1. The molecular weight excluding hydrogens is 378 g/mol. The lowest BCUT2D eigenvalue weighted by Gasteiger charge is -2.22. The zero-order valence-corrected chi connectivity index (χ0v) is 14.5. The number of hydrogen-bond acceptors (Lipinski definition) is 4. The number of fused-ring (bicyclic) bond motifs is 1. The second-order valence-corrected chi connectivity index (χ2v) is 6.50. The number of nitrogens with one attached hydrogen (secondary N) is 1. The number of amides is 1. The van der Waals surface area contributed by atoms with E-state index >= 15 is 0 Å². The van der Waals surface area contributed by atoms with Gasteiger partial charge in [-0.15, -0.1) is 0 Å². The molecule has 28 heavy (non-hydrogen) atoms. The number of aromatic nitrogens is 1. The molecule has 1 aliphatic heterocycles. The van der Waals surface area contributed by atoms with E-state index in [9.17, 15) is 22.4 Å². The Bertz CT molecular complexity index is 998. The van der Waals surface area contributed by atoms with E-state index in [1.165, 1.54) is 0 Å². The van der Waals surface area contributed by atoms with Crippen molar-refractivity contribution in [2.75, 3.05) is 16.8 Å². The van der Waals surface area contributed by atoms with Crippen LogP contribution in [0.4, 0.5) is 29.3 Å². The van der Waals surface area contributed by atoms with Crippen LogP contribution in [0, 0.1) is 5.82 Å². The average Bonchev–Trinajstić information content (AvgIpc) is 3.28. The van der Waals surface area contributed by atoms with Crippen molar-refractivity contribution in [1.29, 1.82) is 0 Å². The Labute approximate surface area is 157 Å². The van der Waals surface area contributed by atoms with Crippen molar-refractivity contribution in [3.8, 4) is 0 Å². The highest BCUT2D eigenvalue weighted by Crippen LogP contribution is 2.33. The van der Waals surface area contributed by atoms with Gasteiger partial charge in [-0.1, -0.05) is 12.1 Å². The standard InChI is InChI=1S/C19H15F4N3O2/c20-13-8-7-11(10-12(13)19(21,22)23)24-17(27)15-5-3-9-26(15)18-25-14-4-1-2-6-16(14)28-18/h1-2,4,6-8,10,15H,3,5,9H2,(H,24,27). The number of alkyl halides is 3. The molecule has 1 N–H and O–H groups in total. The van der Waals surface area contributed by atoms with Crippen molar-refractivity contribution in [2.45, 2.75) is 25.1 Å². The number of nitrogens with zero attached hydrogens (tertiary/aromatic N) is 2. The molecule has 3 aromatic rings. The maximum absolute atomic E-state index is 13.4. The summed E-state index contributed by atoms with van der Waals surface area (Å²) in [6.07, 6.45) is -3.64. The summed E-state index contributed by atoms with van der Waals surface area (Å²) in [6.45, 7) is 0.530. The number of rotatable bonds is 3. The predicted octanol–water partition coefficient (Wildman–Crippen LogP) is 4.59. The molecule has 1 aromatic heterocycles. The second-order valence-electron chi connectivity index (χ2n) is 6.50. The Morgan fingerprint density at radius 1 is 1.21 bits per heavy atom. The first kappa shape index (κ1) is 18.3. The van der Waals surface area contributed by atoms with Gasteiger partial charge >= 0.3 is 6.18 Å². The molecule has 0 saturated carbocycles. The van der Waals surface area contributed by atoms with Crippen LogP contribution in [0.2, 0.25) is 0 Å². The number of anilines is 2. The number of oxazole rings is 1. The van der Waals surface area contributed by atoms with E-state index in [1.54, 1.807) is 23.1 Å². The molecule has 0 bridgehead atoms. The summed E-state index contributed by atoms with van der Waals surface area (Å²) in [5, 5.41) is 2.44. The van der Waals surface area contributed by atoms with E-state index in [-0.39, 0.29) is 11.7 Å². The van der Waals surface area contributed by atoms with Crippen LogP contribution in [0.5, 0.6) is 0 Å². The Morgan fingerprint density at radius 3 is 2.75 bits per heavy atom. The topological polar surface area (TPSA) is 58.4 Å². The lowest BCUT2D eigenvalue weighted by atomic mass is 10.1. The van der Waals surface area contributed by atoms with Gasteiger partial charge in [0.25, 0.3) is 6.01 Å². The van der Waals surface area contributed by atoms with Crippen molar-refractivity contribution in [2.24, 2.45) is 0 Å². The molecule has 2 aromatic carbocycles. The van der Waals surface area contributed by atoms with Crippen molar-refractivity contribution in [1.82, 2.24) is 4.98 Å². The monoisotopic (exact) mass is 393 g/mol. The van der Waals surface area contributed by atoms with Crippen molar-refractivity contribution < 1.29 is 26.8 Å². The van der Waals surface area contributed by atoms with E-state index in [0.717, 1.165) is 6.07 Å². The summed E-state index contributed by atoms with van der Waals surface area (Å²) >= 11 is 0. The Morgan fingerprint density at radius 2 is 2.00 bits per heavy atom. The van der Waals surface area contributed by atoms with E-state index in [1.807, 2.05) is 6.07 Å². The zero-order valence-electron chi connectivity index (χ0n) is 14.5. The van der Waals surface area contributed by atoms with Crippen LogP contribution in [-0.4, -0.2) is 23.5 Å². The van der Waals surface area contributed by atoms with Crippen LogP contribution in [0.3, 0.4) is 0 Å². The third kappa shape index (κ3) is 3.39. The molecule has 1 unspecified atom stereocenters. The molecule has 9 heteroatoms. The highest BCUT2D eigenvalue weighted by molar-refractivity contribution is 5.97. The molecule has 1 atom stereocenters. The fraction of sp³-hybridized carbons (Fsp3) is 0.263. The molecular formula is C19H15F4N3O2. The van der Waals surface area contributed by atoms with E-state index in [2.05, 4.69) is 10.3 Å². The van der Waals surface area contributed by atoms with E-state index in [4.69, 9.17) is 4.42 Å². The van der Waals surface area contributed by atoms with Crippen molar-refractivity contribution >= 4 is 28.7 Å². The van der Waals surface area contributed by atoms with Gasteiger partial charge in [-0.3, -0.25) is 4.79 Å². The number of para-hydroxylation sites is 2. The number of benzene rings is 2. The average molecular weight is 393 g/mol. The number of carbonyl (C=O) groups is 1. The van der Waals surface area contributed by atoms with Crippen molar-refractivity contribution in [3.05, 3.63) is 53.8 Å². The lowest BCUT2D eigenvalue weighted by Crippen LogP contribution is -2.40. The number of hydrogen-bond donors (Lipinski definition) is 1. The van der Waals surface area contributed by atoms with Crippen LogP contribution in [0.1, 0.15) is 18.4 Å². The summed E-state index contributed by atoms with van der Waals surface area (Å²) in [5.41, 5.74) is -0.315. The maximum Gasteiger partial charge on any atom is 0.419 e. The summed E-state index contributed by atoms with van der Waals surface area (Å²) in [7, 11) is 0. The van der Waals surface area contributed by atoms with Crippen LogP contribution in [0.15, 0.2) is 46.9 Å². The highest BCUT2D eigenvalue weighted by atomic mass is 19.4. The molecule has 0 radical (unpaired) electrons. The molecule has 2 heterocycles. The minimum atomic E-state index is -4.84. The fourth-order valence-corrected chi connectivity index (χ4v) is 3.30. The van der Waals surface area contributed by atoms with Crippen LogP contribution in [-0.2, 0) is 11.0 Å². The van der Waals surface area contributed by atoms with E-state index in [0.29, 0.717) is 42.6 Å². The van der Waals surface area contributed by atoms with Crippen LogP contribution >= 0.6 is 0 Å². The van der Waals surface area contributed by atoms with Crippen molar-refractivity contribution in [3.63, 3.8) is 0 Å². The quantitative estimate of drug-likeness (QED) is 0.661. The summed E-state index contributed by atoms with van der Waals surface area (Å²) < 4.78 is 57.7. The number of carbonyl (C=O) groups excluding carboxylic acids is 1. The minimum Gasteiger partial charge on any atom is -0.423 e. The smallest absolute Gasteiger partial charge is 0.419 e. The molecule has 0 aliphatic carbocycles. The molecule has 146 valence electrons. The normalized spacial score (nSPS) is 17.3. The Kier molecular flexibility index (Phi) is 4.44. The summed E-state index contributed by atoms with van der Waals surface area (Å²) in [6, 6.07) is 9.17. The van der Waals surface area contributed by atoms with Gasteiger partial charge in [0, 0.05) is 12.2 Å². The van der Waals surface area contributed by atoms with Gasteiger partial charge in [0.15, 0.2) is 5.58 Å². The van der Waals surface area contributed by atoms with Gasteiger partial charge in [-0.05, 0) is 43.2 Å². The molecule has 1 fully saturated rings. The van der Waals surface area contributed by atoms with Gasteiger partial charge in [-0.2, -0.15) is 18.2 Å². The third-order valence-electron chi connectivity index (χ3n) is 4.62. The molecule has 0 spiro atoms. The molecule has 1 saturated heterocycles. The van der Waals surface area contributed by atoms with Gasteiger partial charge in [0.1, 0.15) is 17.4 Å². The minimum absolute atomic E-state index is 0.122. The van der Waals surface area contributed by atoms with E-state index < -0.39 is 29.5 Å². The zero-order chi connectivity index (χ0) is 19.9. The van der Waals surface area contributed by atoms with Crippen LogP contribution in [0.25, 0.3) is 11.1 Å². The molecule has 1 amide bonds. The maximum atomic E-state index is 13.4.